The number of hydrogen-bond donors (Lipinski definition) is 2. The van der Waals surface area contributed by atoms with E-state index in [0.717, 1.165) is 45.4 Å². The van der Waals surface area contributed by atoms with E-state index in [2.05, 4.69) is 15.5 Å². The highest BCUT2D eigenvalue weighted by molar-refractivity contribution is 5.81. The Morgan fingerprint density at radius 3 is 2.65 bits per heavy atom. The molecule has 2 amide bonds. The highest BCUT2D eigenvalue weighted by atomic mass is 16.5. The number of piperidine rings is 1. The predicted molar refractivity (Wildman–Crippen MR) is 89.0 cm³/mol. The van der Waals surface area contributed by atoms with Crippen molar-refractivity contribution in [2.45, 2.75) is 58.6 Å². The number of hydrogen-bond acceptors (Lipinski definition) is 4. The summed E-state index contributed by atoms with van der Waals surface area (Å²) >= 11 is 0. The Hall–Kier alpha value is -1.14. The number of likely N-dealkylation sites (tertiary alicyclic amines) is 1. The van der Waals surface area contributed by atoms with E-state index in [1.54, 1.807) is 0 Å². The summed E-state index contributed by atoms with van der Waals surface area (Å²) in [4.78, 5) is 26.3. The Morgan fingerprint density at radius 2 is 2.00 bits per heavy atom. The van der Waals surface area contributed by atoms with Gasteiger partial charge in [0.25, 0.3) is 0 Å². The lowest BCUT2D eigenvalue weighted by Gasteiger charge is -2.34. The van der Waals surface area contributed by atoms with Crippen molar-refractivity contribution < 1.29 is 14.3 Å². The summed E-state index contributed by atoms with van der Waals surface area (Å²) in [5.74, 6) is 0.121. The lowest BCUT2D eigenvalue weighted by molar-refractivity contribution is -0.129. The third-order valence-corrected chi connectivity index (χ3v) is 4.44. The van der Waals surface area contributed by atoms with Gasteiger partial charge in [-0.25, -0.2) is 0 Å². The van der Waals surface area contributed by atoms with Crippen molar-refractivity contribution in [3.8, 4) is 0 Å². The zero-order valence-corrected chi connectivity index (χ0v) is 14.7. The molecule has 2 aliphatic rings. The number of carbonyl (C=O) groups excluding carboxylic acids is 2. The van der Waals surface area contributed by atoms with Crippen molar-refractivity contribution in [2.24, 2.45) is 5.41 Å². The van der Waals surface area contributed by atoms with Crippen LogP contribution in [0.1, 0.15) is 46.5 Å². The molecule has 0 bridgehead atoms. The molecular weight excluding hydrogens is 294 g/mol. The van der Waals surface area contributed by atoms with Gasteiger partial charge in [0.05, 0.1) is 12.6 Å². The molecular formula is C17H31N3O3. The molecule has 0 aliphatic carbocycles. The first-order valence-corrected chi connectivity index (χ1v) is 8.76. The standard InChI is InChI=1S/C17H31N3O3/c1-17(2,3)16(22)19-13-6-4-8-20(11-13)12-15(21)18-10-14-7-5-9-23-14/h13-14H,4-12H2,1-3H3,(H,18,21)(H,19,22). The van der Waals surface area contributed by atoms with Crippen molar-refractivity contribution in [1.82, 2.24) is 15.5 Å². The molecule has 2 unspecified atom stereocenters. The van der Waals surface area contributed by atoms with Crippen LogP contribution in [0.25, 0.3) is 0 Å². The predicted octanol–water partition coefficient (Wildman–Crippen LogP) is 0.908. The van der Waals surface area contributed by atoms with Crippen LogP contribution >= 0.6 is 0 Å². The molecule has 0 aromatic carbocycles. The van der Waals surface area contributed by atoms with Gasteiger partial charge in [-0.2, -0.15) is 0 Å². The van der Waals surface area contributed by atoms with Crippen molar-refractivity contribution in [3.05, 3.63) is 0 Å². The molecule has 132 valence electrons. The molecule has 2 N–H and O–H groups in total. The number of carbonyl (C=O) groups is 2. The van der Waals surface area contributed by atoms with Crippen molar-refractivity contribution in [3.63, 3.8) is 0 Å². The average Bonchev–Trinajstić information content (AvgIpc) is 2.98. The van der Waals surface area contributed by atoms with Gasteiger partial charge in [-0.1, -0.05) is 20.8 Å². The number of rotatable bonds is 5. The minimum Gasteiger partial charge on any atom is -0.376 e. The lowest BCUT2D eigenvalue weighted by atomic mass is 9.94. The van der Waals surface area contributed by atoms with Gasteiger partial charge in [0.15, 0.2) is 0 Å². The van der Waals surface area contributed by atoms with Crippen LogP contribution < -0.4 is 10.6 Å². The molecule has 6 heteroatoms. The molecule has 0 aromatic heterocycles. The molecule has 0 radical (unpaired) electrons. The fourth-order valence-corrected chi connectivity index (χ4v) is 3.01. The van der Waals surface area contributed by atoms with Gasteiger partial charge in [0.1, 0.15) is 0 Å². The second-order valence-corrected chi connectivity index (χ2v) is 7.74. The Morgan fingerprint density at radius 1 is 1.22 bits per heavy atom. The number of ether oxygens (including phenoxy) is 1. The fraction of sp³-hybridized carbons (Fsp3) is 0.882. The van der Waals surface area contributed by atoms with Crippen LogP contribution in [0.2, 0.25) is 0 Å². The minimum atomic E-state index is -0.374. The molecule has 0 spiro atoms. The van der Waals surface area contributed by atoms with Crippen LogP contribution in [0.5, 0.6) is 0 Å². The van der Waals surface area contributed by atoms with E-state index < -0.39 is 0 Å². The molecule has 0 saturated carbocycles. The first-order chi connectivity index (χ1) is 10.8. The summed E-state index contributed by atoms with van der Waals surface area (Å²) in [6.45, 7) is 9.22. The maximum atomic E-state index is 12.1. The van der Waals surface area contributed by atoms with Gasteiger partial charge in [-0.15, -0.1) is 0 Å². The minimum absolute atomic E-state index is 0.0447. The largest absolute Gasteiger partial charge is 0.376 e. The first-order valence-electron chi connectivity index (χ1n) is 8.76. The first kappa shape index (κ1) is 18.2. The maximum Gasteiger partial charge on any atom is 0.234 e. The molecule has 2 atom stereocenters. The van der Waals surface area contributed by atoms with E-state index in [4.69, 9.17) is 4.74 Å². The zero-order valence-electron chi connectivity index (χ0n) is 14.7. The Kier molecular flexibility index (Phi) is 6.41. The number of nitrogens with zero attached hydrogens (tertiary/aromatic N) is 1. The Balaban J connectivity index is 1.70. The van der Waals surface area contributed by atoms with E-state index in [1.165, 1.54) is 0 Å². The van der Waals surface area contributed by atoms with Crippen molar-refractivity contribution >= 4 is 11.8 Å². The molecule has 2 aliphatic heterocycles. The Labute approximate surface area is 139 Å². The van der Waals surface area contributed by atoms with Gasteiger partial charge in [-0.05, 0) is 32.2 Å². The third kappa shape index (κ3) is 6.11. The van der Waals surface area contributed by atoms with Crippen molar-refractivity contribution in [2.75, 3.05) is 32.8 Å². The van der Waals surface area contributed by atoms with Crippen LogP contribution in [-0.4, -0.2) is 61.6 Å². The molecule has 0 aromatic rings. The molecule has 2 rings (SSSR count). The van der Waals surface area contributed by atoms with E-state index in [1.807, 2.05) is 20.8 Å². The molecule has 2 heterocycles. The zero-order chi connectivity index (χ0) is 16.9. The van der Waals surface area contributed by atoms with Gasteiger partial charge in [-0.3, -0.25) is 14.5 Å². The van der Waals surface area contributed by atoms with Crippen LogP contribution in [0.3, 0.4) is 0 Å². The van der Waals surface area contributed by atoms with Crippen LogP contribution in [0, 0.1) is 5.41 Å². The Bertz CT molecular complexity index is 414. The highest BCUT2D eigenvalue weighted by Crippen LogP contribution is 2.16. The SMILES string of the molecule is CC(C)(C)C(=O)NC1CCCN(CC(=O)NCC2CCCO2)C1. The smallest absolute Gasteiger partial charge is 0.234 e. The topological polar surface area (TPSA) is 70.7 Å². The normalized spacial score (nSPS) is 26.0. The van der Waals surface area contributed by atoms with Crippen LogP contribution in [-0.2, 0) is 14.3 Å². The third-order valence-electron chi connectivity index (χ3n) is 4.44. The van der Waals surface area contributed by atoms with E-state index in [9.17, 15) is 9.59 Å². The quantitative estimate of drug-likeness (QED) is 0.788. The summed E-state index contributed by atoms with van der Waals surface area (Å²) in [7, 11) is 0. The number of nitrogens with one attached hydrogen (secondary N) is 2. The monoisotopic (exact) mass is 325 g/mol. The van der Waals surface area contributed by atoms with E-state index in [0.29, 0.717) is 13.1 Å². The molecule has 2 fully saturated rings. The van der Waals surface area contributed by atoms with Crippen LogP contribution in [0.15, 0.2) is 0 Å². The highest BCUT2D eigenvalue weighted by Gasteiger charge is 2.27. The van der Waals surface area contributed by atoms with Gasteiger partial charge >= 0.3 is 0 Å². The lowest BCUT2D eigenvalue weighted by Crippen LogP contribution is -2.52. The van der Waals surface area contributed by atoms with Crippen molar-refractivity contribution in [1.29, 1.82) is 0 Å². The fourth-order valence-electron chi connectivity index (χ4n) is 3.01. The summed E-state index contributed by atoms with van der Waals surface area (Å²) in [5, 5.41) is 6.07. The number of amides is 2. The average molecular weight is 325 g/mol. The second kappa shape index (κ2) is 8.11. The van der Waals surface area contributed by atoms with Gasteiger partial charge < -0.3 is 15.4 Å². The summed E-state index contributed by atoms with van der Waals surface area (Å²) in [6.07, 6.45) is 4.29. The van der Waals surface area contributed by atoms with E-state index in [-0.39, 0.29) is 29.4 Å². The summed E-state index contributed by atoms with van der Waals surface area (Å²) < 4.78 is 5.51. The van der Waals surface area contributed by atoms with Gasteiger partial charge in [0, 0.05) is 31.2 Å². The van der Waals surface area contributed by atoms with Gasteiger partial charge in [0.2, 0.25) is 11.8 Å². The molecule has 23 heavy (non-hydrogen) atoms. The second-order valence-electron chi connectivity index (χ2n) is 7.74. The molecule has 2 saturated heterocycles. The maximum absolute atomic E-state index is 12.1. The van der Waals surface area contributed by atoms with E-state index >= 15 is 0 Å². The summed E-state index contributed by atoms with van der Waals surface area (Å²) in [6, 6.07) is 0.140. The molecule has 6 nitrogen and oxygen atoms in total. The summed E-state index contributed by atoms with van der Waals surface area (Å²) in [5.41, 5.74) is -0.374. The van der Waals surface area contributed by atoms with Crippen LogP contribution in [0.4, 0.5) is 0 Å².